The van der Waals surface area contributed by atoms with Crippen LogP contribution >= 0.6 is 0 Å². The average molecular weight is 364 g/mol. The van der Waals surface area contributed by atoms with E-state index in [4.69, 9.17) is 4.74 Å². The minimum absolute atomic E-state index is 0.157. The van der Waals surface area contributed by atoms with Gasteiger partial charge in [-0.05, 0) is 56.5 Å². The fourth-order valence-corrected chi connectivity index (χ4v) is 4.56. The summed E-state index contributed by atoms with van der Waals surface area (Å²) in [6.07, 6.45) is 9.66. The molecule has 3 fully saturated rings. The maximum atomic E-state index is 11.2. The van der Waals surface area contributed by atoms with Crippen LogP contribution in [0.4, 0.5) is 0 Å². The maximum Gasteiger partial charge on any atom is 0.208 e. The van der Waals surface area contributed by atoms with E-state index in [1.54, 1.807) is 6.20 Å². The Bertz CT molecular complexity index is 789. The Labute approximate surface area is 148 Å². The predicted molar refractivity (Wildman–Crippen MR) is 97.4 cm³/mol. The number of aromatic amines is 1. The van der Waals surface area contributed by atoms with Gasteiger partial charge in [-0.1, -0.05) is 0 Å². The molecule has 0 aromatic carbocycles. The number of nitrogens with one attached hydrogen (secondary N) is 2. The molecular formula is C17H24N4O3S. The number of ether oxygens (including phenoxy) is 1. The first kappa shape index (κ1) is 17.9. The van der Waals surface area contributed by atoms with E-state index < -0.39 is 10.0 Å². The molecule has 1 aromatic rings. The molecule has 0 unspecified atom stereocenters. The molecule has 2 N–H and O–H groups in total. The van der Waals surface area contributed by atoms with Crippen molar-refractivity contribution in [1.82, 2.24) is 14.9 Å². The third kappa shape index (κ3) is 4.01. The normalized spacial score (nSPS) is 28.9. The third-order valence-corrected chi connectivity index (χ3v) is 5.66. The summed E-state index contributed by atoms with van der Waals surface area (Å²) in [4.78, 5) is 3.98. The molecule has 136 valence electrons. The van der Waals surface area contributed by atoms with Crippen LogP contribution in [0.25, 0.3) is 5.70 Å². The van der Waals surface area contributed by atoms with E-state index >= 15 is 0 Å². The molecule has 2 bridgehead atoms. The number of rotatable bonds is 9. The Morgan fingerprint density at radius 2 is 2.16 bits per heavy atom. The lowest BCUT2D eigenvalue weighted by atomic mass is 9.35. The van der Waals surface area contributed by atoms with E-state index in [0.717, 1.165) is 30.7 Å². The van der Waals surface area contributed by atoms with Crippen molar-refractivity contribution in [2.24, 2.45) is 15.8 Å². The number of sulfonamides is 1. The van der Waals surface area contributed by atoms with E-state index in [-0.39, 0.29) is 10.8 Å². The van der Waals surface area contributed by atoms with Crippen molar-refractivity contribution in [3.63, 3.8) is 0 Å². The smallest absolute Gasteiger partial charge is 0.208 e. The summed E-state index contributed by atoms with van der Waals surface area (Å²) in [5.74, 6) is 0.814. The number of hydrogen-bond donors (Lipinski definition) is 2. The molecule has 3 aliphatic carbocycles. The summed E-state index contributed by atoms with van der Waals surface area (Å²) in [6.45, 7) is 6.70. The van der Waals surface area contributed by atoms with Crippen LogP contribution in [-0.2, 0) is 14.8 Å². The average Bonchev–Trinajstić information content (AvgIpc) is 2.97. The van der Waals surface area contributed by atoms with E-state index in [0.29, 0.717) is 18.8 Å². The lowest BCUT2D eigenvalue weighted by molar-refractivity contribution is -0.220. The number of aromatic nitrogens is 2. The van der Waals surface area contributed by atoms with Crippen LogP contribution in [0.2, 0.25) is 0 Å². The number of H-pyrrole nitrogens is 1. The zero-order valence-electron chi connectivity index (χ0n) is 14.6. The SMILES string of the molecule is C=N/C(=C\C=C(/C)OCC12CC(CNS(C)(=O)=O)(C1)C2)c1ccn[nH]1. The van der Waals surface area contributed by atoms with Crippen LogP contribution in [0, 0.1) is 10.8 Å². The Balaban J connectivity index is 1.47. The summed E-state index contributed by atoms with van der Waals surface area (Å²) in [7, 11) is -3.11. The van der Waals surface area contributed by atoms with E-state index in [2.05, 4.69) is 26.6 Å². The summed E-state index contributed by atoms with van der Waals surface area (Å²) in [5.41, 5.74) is 1.89. The predicted octanol–water partition coefficient (Wildman–Crippen LogP) is 2.09. The second-order valence-corrected chi connectivity index (χ2v) is 9.20. The fourth-order valence-electron chi connectivity index (χ4n) is 3.99. The summed E-state index contributed by atoms with van der Waals surface area (Å²) in [6, 6.07) is 1.83. The van der Waals surface area contributed by atoms with Crippen LogP contribution in [0.3, 0.4) is 0 Å². The number of nitrogens with zero attached hydrogens (tertiary/aromatic N) is 2. The van der Waals surface area contributed by atoms with Crippen molar-refractivity contribution < 1.29 is 13.2 Å². The minimum Gasteiger partial charge on any atom is -0.498 e. The number of allylic oxidation sites excluding steroid dienone is 3. The summed E-state index contributed by atoms with van der Waals surface area (Å²) >= 11 is 0. The first-order valence-corrected chi connectivity index (χ1v) is 10.1. The quantitative estimate of drug-likeness (QED) is 0.398. The van der Waals surface area contributed by atoms with E-state index in [9.17, 15) is 8.42 Å². The van der Waals surface area contributed by atoms with Crippen molar-refractivity contribution in [1.29, 1.82) is 0 Å². The molecule has 0 atom stereocenters. The minimum atomic E-state index is -3.11. The van der Waals surface area contributed by atoms with Crippen molar-refractivity contribution in [2.45, 2.75) is 26.2 Å². The second kappa shape index (κ2) is 6.42. The molecule has 0 radical (unpaired) electrons. The first-order valence-electron chi connectivity index (χ1n) is 8.17. The molecule has 4 rings (SSSR count). The van der Waals surface area contributed by atoms with Gasteiger partial charge in [-0.3, -0.25) is 10.1 Å². The standard InChI is InChI=1S/C17H24N4O3S/c1-13(4-5-14(18-2)15-6-7-19-21-15)24-12-17-8-16(9-17,10-17)11-20-25(3,22)23/h4-7,20H,2,8-12H2,1,3H3,(H,19,21)/b13-4+,14-5-. The van der Waals surface area contributed by atoms with E-state index in [1.807, 2.05) is 25.1 Å². The van der Waals surface area contributed by atoms with Gasteiger partial charge in [0.2, 0.25) is 10.0 Å². The molecular weight excluding hydrogens is 340 g/mol. The Hall–Kier alpha value is -1.93. The van der Waals surface area contributed by atoms with Gasteiger partial charge in [0.15, 0.2) is 0 Å². The highest BCUT2D eigenvalue weighted by Crippen LogP contribution is 2.73. The van der Waals surface area contributed by atoms with Crippen molar-refractivity contribution >= 4 is 22.4 Å². The number of hydrogen-bond acceptors (Lipinski definition) is 5. The van der Waals surface area contributed by atoms with Crippen molar-refractivity contribution in [3.8, 4) is 0 Å². The van der Waals surface area contributed by atoms with Gasteiger partial charge >= 0.3 is 0 Å². The van der Waals surface area contributed by atoms with Gasteiger partial charge in [0.05, 0.1) is 30.0 Å². The molecule has 0 spiro atoms. The van der Waals surface area contributed by atoms with Gasteiger partial charge in [0.1, 0.15) is 0 Å². The molecule has 3 saturated carbocycles. The summed E-state index contributed by atoms with van der Waals surface area (Å²) < 4.78 is 30.9. The van der Waals surface area contributed by atoms with Crippen LogP contribution in [0.5, 0.6) is 0 Å². The summed E-state index contributed by atoms with van der Waals surface area (Å²) in [5, 5.41) is 6.75. The number of aliphatic imine (C=N–C) groups is 1. The van der Waals surface area contributed by atoms with E-state index in [1.165, 1.54) is 6.26 Å². The topological polar surface area (TPSA) is 96.4 Å². The molecule has 0 saturated heterocycles. The van der Waals surface area contributed by atoms with Gasteiger partial charge in [0.25, 0.3) is 0 Å². The van der Waals surface area contributed by atoms with Crippen LogP contribution < -0.4 is 4.72 Å². The van der Waals surface area contributed by atoms with Gasteiger partial charge in [-0.25, -0.2) is 13.1 Å². The van der Waals surface area contributed by atoms with Crippen LogP contribution in [-0.4, -0.2) is 44.7 Å². The molecule has 1 heterocycles. The molecule has 3 aliphatic rings. The van der Waals surface area contributed by atoms with Crippen molar-refractivity contribution in [2.75, 3.05) is 19.4 Å². The monoisotopic (exact) mass is 364 g/mol. The van der Waals surface area contributed by atoms with Gasteiger partial charge in [-0.15, -0.1) is 0 Å². The molecule has 25 heavy (non-hydrogen) atoms. The largest absolute Gasteiger partial charge is 0.498 e. The zero-order valence-corrected chi connectivity index (χ0v) is 15.4. The Kier molecular flexibility index (Phi) is 4.59. The highest BCUT2D eigenvalue weighted by Gasteiger charge is 2.67. The first-order chi connectivity index (χ1) is 11.7. The zero-order chi connectivity index (χ0) is 18.1. The highest BCUT2D eigenvalue weighted by molar-refractivity contribution is 7.88. The Morgan fingerprint density at radius 1 is 1.44 bits per heavy atom. The van der Waals surface area contributed by atoms with Crippen LogP contribution in [0.1, 0.15) is 31.9 Å². The molecule has 7 nitrogen and oxygen atoms in total. The van der Waals surface area contributed by atoms with Crippen molar-refractivity contribution in [3.05, 3.63) is 35.9 Å². The van der Waals surface area contributed by atoms with Gasteiger partial charge in [-0.2, -0.15) is 5.10 Å². The van der Waals surface area contributed by atoms with Gasteiger partial charge < -0.3 is 4.74 Å². The molecule has 0 amide bonds. The van der Waals surface area contributed by atoms with Gasteiger partial charge in [0, 0.05) is 18.2 Å². The molecule has 0 aliphatic heterocycles. The Morgan fingerprint density at radius 3 is 2.72 bits per heavy atom. The lowest BCUT2D eigenvalue weighted by Gasteiger charge is -2.70. The third-order valence-electron chi connectivity index (χ3n) is 4.99. The lowest BCUT2D eigenvalue weighted by Crippen LogP contribution is -2.67. The fraction of sp³-hybridized carbons (Fsp3) is 0.529. The highest BCUT2D eigenvalue weighted by atomic mass is 32.2. The van der Waals surface area contributed by atoms with Crippen LogP contribution in [0.15, 0.2) is 35.2 Å². The molecule has 1 aromatic heterocycles. The maximum absolute atomic E-state index is 11.2. The molecule has 8 heteroatoms. The second-order valence-electron chi connectivity index (χ2n) is 7.37.